The molecule has 128 valence electrons. The molecule has 1 aromatic rings. The fraction of sp³-hybridized carbons (Fsp3) is 0.706. The first kappa shape index (κ1) is 16.7. The summed E-state index contributed by atoms with van der Waals surface area (Å²) in [5.41, 5.74) is 1.26. The molecule has 0 bridgehead atoms. The predicted molar refractivity (Wildman–Crippen MR) is 94.9 cm³/mol. The van der Waals surface area contributed by atoms with Gasteiger partial charge in [-0.15, -0.1) is 0 Å². The summed E-state index contributed by atoms with van der Waals surface area (Å²) in [6.45, 7) is 2.97. The Morgan fingerprint density at radius 2 is 2.26 bits per heavy atom. The number of thiophene rings is 1. The van der Waals surface area contributed by atoms with Crippen LogP contribution in [-0.4, -0.2) is 61.6 Å². The van der Waals surface area contributed by atoms with E-state index in [0.717, 1.165) is 13.0 Å². The highest BCUT2D eigenvalue weighted by Gasteiger charge is 2.36. The molecule has 0 unspecified atom stereocenters. The minimum atomic E-state index is -0.0236. The Kier molecular flexibility index (Phi) is 5.56. The van der Waals surface area contributed by atoms with Crippen molar-refractivity contribution in [1.82, 2.24) is 20.4 Å². The SMILES string of the molecule is CN(C)[C@H](CNC(=O)N[C@H]1CCN2CCCC[C@@H]12)c1ccsc1. The third kappa shape index (κ3) is 4.05. The van der Waals surface area contributed by atoms with Crippen molar-refractivity contribution in [3.8, 4) is 0 Å². The minimum absolute atomic E-state index is 0.0236. The molecule has 0 spiro atoms. The molecule has 3 rings (SSSR count). The lowest BCUT2D eigenvalue weighted by atomic mass is 9.99. The maximum atomic E-state index is 12.3. The van der Waals surface area contributed by atoms with Gasteiger partial charge in [-0.1, -0.05) is 6.42 Å². The smallest absolute Gasteiger partial charge is 0.315 e. The lowest BCUT2D eigenvalue weighted by molar-refractivity contribution is 0.178. The summed E-state index contributed by atoms with van der Waals surface area (Å²) in [6.07, 6.45) is 4.91. The van der Waals surface area contributed by atoms with E-state index in [2.05, 4.69) is 51.4 Å². The van der Waals surface area contributed by atoms with E-state index in [-0.39, 0.29) is 12.1 Å². The highest BCUT2D eigenvalue weighted by molar-refractivity contribution is 7.07. The van der Waals surface area contributed by atoms with Crippen LogP contribution >= 0.6 is 11.3 Å². The van der Waals surface area contributed by atoms with Crippen molar-refractivity contribution in [3.63, 3.8) is 0 Å². The van der Waals surface area contributed by atoms with Crippen LogP contribution in [0.25, 0.3) is 0 Å². The monoisotopic (exact) mass is 336 g/mol. The van der Waals surface area contributed by atoms with E-state index < -0.39 is 0 Å². The molecule has 2 saturated heterocycles. The highest BCUT2D eigenvalue weighted by Crippen LogP contribution is 2.27. The number of hydrogen-bond acceptors (Lipinski definition) is 4. The van der Waals surface area contributed by atoms with Crippen LogP contribution in [-0.2, 0) is 0 Å². The number of likely N-dealkylation sites (N-methyl/N-ethyl adjacent to an activating group) is 1. The quantitative estimate of drug-likeness (QED) is 0.867. The first-order valence-electron chi connectivity index (χ1n) is 8.62. The zero-order valence-corrected chi connectivity index (χ0v) is 14.9. The van der Waals surface area contributed by atoms with Gasteiger partial charge in [0.2, 0.25) is 0 Å². The van der Waals surface area contributed by atoms with Crippen LogP contribution in [0.5, 0.6) is 0 Å². The van der Waals surface area contributed by atoms with Gasteiger partial charge in [0, 0.05) is 25.2 Å². The lowest BCUT2D eigenvalue weighted by Gasteiger charge is -2.32. The van der Waals surface area contributed by atoms with Gasteiger partial charge in [-0.3, -0.25) is 4.90 Å². The van der Waals surface area contributed by atoms with Crippen LogP contribution < -0.4 is 10.6 Å². The number of amides is 2. The fourth-order valence-corrected chi connectivity index (χ4v) is 4.59. The van der Waals surface area contributed by atoms with Crippen molar-refractivity contribution in [3.05, 3.63) is 22.4 Å². The van der Waals surface area contributed by atoms with E-state index in [1.807, 2.05) is 0 Å². The molecule has 0 radical (unpaired) electrons. The van der Waals surface area contributed by atoms with Crippen molar-refractivity contribution < 1.29 is 4.79 Å². The molecule has 2 aliphatic heterocycles. The molecule has 6 heteroatoms. The van der Waals surface area contributed by atoms with Crippen LogP contribution in [0.1, 0.15) is 37.3 Å². The summed E-state index contributed by atoms with van der Waals surface area (Å²) in [4.78, 5) is 17.0. The number of carbonyl (C=O) groups excluding carboxylic acids is 1. The van der Waals surface area contributed by atoms with Gasteiger partial charge in [0.1, 0.15) is 0 Å². The topological polar surface area (TPSA) is 47.6 Å². The minimum Gasteiger partial charge on any atom is -0.336 e. The summed E-state index contributed by atoms with van der Waals surface area (Å²) in [5, 5.41) is 10.5. The predicted octanol–water partition coefficient (Wildman–Crippen LogP) is 2.28. The Labute approximate surface area is 143 Å². The van der Waals surface area contributed by atoms with E-state index >= 15 is 0 Å². The van der Waals surface area contributed by atoms with E-state index in [1.54, 1.807) is 11.3 Å². The molecule has 3 heterocycles. The second kappa shape index (κ2) is 7.64. The number of nitrogens with zero attached hydrogens (tertiary/aromatic N) is 2. The first-order valence-corrected chi connectivity index (χ1v) is 9.56. The Morgan fingerprint density at radius 1 is 1.39 bits per heavy atom. The lowest BCUT2D eigenvalue weighted by Crippen LogP contribution is -2.50. The zero-order valence-electron chi connectivity index (χ0n) is 14.1. The number of piperidine rings is 1. The van der Waals surface area contributed by atoms with Gasteiger partial charge in [0.05, 0.1) is 6.04 Å². The Bertz CT molecular complexity index is 505. The molecule has 0 saturated carbocycles. The first-order chi connectivity index (χ1) is 11.1. The molecule has 23 heavy (non-hydrogen) atoms. The maximum Gasteiger partial charge on any atom is 0.315 e. The summed E-state index contributed by atoms with van der Waals surface area (Å²) in [6, 6.07) is 3.20. The molecule has 1 aromatic heterocycles. The molecule has 2 aliphatic rings. The molecule has 0 aromatic carbocycles. The number of carbonyl (C=O) groups is 1. The Morgan fingerprint density at radius 3 is 3.00 bits per heavy atom. The number of rotatable bonds is 5. The van der Waals surface area contributed by atoms with Gasteiger partial charge in [-0.05, 0) is 62.3 Å². The zero-order chi connectivity index (χ0) is 16.2. The molecule has 3 atom stereocenters. The third-order valence-electron chi connectivity index (χ3n) is 5.18. The number of hydrogen-bond donors (Lipinski definition) is 2. The van der Waals surface area contributed by atoms with Gasteiger partial charge in [0.15, 0.2) is 0 Å². The average molecular weight is 337 g/mol. The van der Waals surface area contributed by atoms with E-state index in [9.17, 15) is 4.79 Å². The van der Waals surface area contributed by atoms with E-state index in [1.165, 1.54) is 31.4 Å². The molecular weight excluding hydrogens is 308 g/mol. The summed E-state index contributed by atoms with van der Waals surface area (Å²) < 4.78 is 0. The van der Waals surface area contributed by atoms with E-state index in [0.29, 0.717) is 18.6 Å². The van der Waals surface area contributed by atoms with Crippen LogP contribution in [0.3, 0.4) is 0 Å². The summed E-state index contributed by atoms with van der Waals surface area (Å²) in [7, 11) is 4.11. The number of nitrogens with one attached hydrogen (secondary N) is 2. The van der Waals surface area contributed by atoms with E-state index in [4.69, 9.17) is 0 Å². The van der Waals surface area contributed by atoms with Crippen molar-refractivity contribution in [2.45, 2.75) is 43.8 Å². The molecule has 2 amide bonds. The van der Waals surface area contributed by atoms with Gasteiger partial charge < -0.3 is 15.5 Å². The van der Waals surface area contributed by atoms with Crippen molar-refractivity contribution in [2.24, 2.45) is 0 Å². The summed E-state index contributed by atoms with van der Waals surface area (Å²) >= 11 is 1.70. The van der Waals surface area contributed by atoms with Crippen molar-refractivity contribution in [1.29, 1.82) is 0 Å². The van der Waals surface area contributed by atoms with Crippen LogP contribution in [0.15, 0.2) is 16.8 Å². The number of urea groups is 1. The van der Waals surface area contributed by atoms with Crippen molar-refractivity contribution >= 4 is 17.4 Å². The standard InChI is InChI=1S/C17H28N4OS/c1-20(2)16(13-7-10-23-12-13)11-18-17(22)19-14-6-9-21-8-4-3-5-15(14)21/h7,10,12,14-16H,3-6,8-9,11H2,1-2H3,(H2,18,19,22)/t14-,15-,16+/m0/s1. The molecule has 0 aliphatic carbocycles. The fourth-order valence-electron chi connectivity index (χ4n) is 3.89. The number of fused-ring (bicyclic) bond motifs is 1. The molecule has 2 N–H and O–H groups in total. The average Bonchev–Trinajstić information content (AvgIpc) is 3.18. The van der Waals surface area contributed by atoms with Gasteiger partial charge >= 0.3 is 6.03 Å². The second-order valence-corrected chi connectivity index (χ2v) is 7.66. The largest absolute Gasteiger partial charge is 0.336 e. The Balaban J connectivity index is 1.49. The van der Waals surface area contributed by atoms with Gasteiger partial charge in [0.25, 0.3) is 0 Å². The normalized spacial score (nSPS) is 26.0. The molecule has 2 fully saturated rings. The molecule has 5 nitrogen and oxygen atoms in total. The molecular formula is C17H28N4OS. The van der Waals surface area contributed by atoms with Gasteiger partial charge in [-0.25, -0.2) is 4.79 Å². The Hall–Kier alpha value is -1.11. The van der Waals surface area contributed by atoms with Crippen LogP contribution in [0, 0.1) is 0 Å². The maximum absolute atomic E-state index is 12.3. The second-order valence-electron chi connectivity index (χ2n) is 6.88. The summed E-state index contributed by atoms with van der Waals surface area (Å²) in [5.74, 6) is 0. The van der Waals surface area contributed by atoms with Gasteiger partial charge in [-0.2, -0.15) is 11.3 Å². The van der Waals surface area contributed by atoms with Crippen LogP contribution in [0.2, 0.25) is 0 Å². The third-order valence-corrected chi connectivity index (χ3v) is 5.88. The highest BCUT2D eigenvalue weighted by atomic mass is 32.1. The van der Waals surface area contributed by atoms with Crippen molar-refractivity contribution in [2.75, 3.05) is 33.7 Å². The van der Waals surface area contributed by atoms with Crippen LogP contribution in [0.4, 0.5) is 4.79 Å².